The maximum atomic E-state index is 10.2. The lowest BCUT2D eigenvalue weighted by atomic mass is 10.4. The number of hydrogen-bond acceptors (Lipinski definition) is 2. The maximum absolute atomic E-state index is 10.2. The van der Waals surface area contributed by atoms with E-state index >= 15 is 0 Å². The van der Waals surface area contributed by atoms with Crippen molar-refractivity contribution in [1.29, 1.82) is 0 Å². The highest BCUT2D eigenvalue weighted by molar-refractivity contribution is 5.93. The molecule has 0 fully saturated rings. The van der Waals surface area contributed by atoms with Crippen molar-refractivity contribution >= 4 is 12.2 Å². The molecular weight excluding hydrogens is 106 g/mol. The first kappa shape index (κ1) is 6.88. The summed E-state index contributed by atoms with van der Waals surface area (Å²) in [5.41, 5.74) is 0.125. The highest BCUT2D eigenvalue weighted by Gasteiger charge is 1.94. The molecule has 1 amide bonds. The number of rotatable bonds is 3. The highest BCUT2D eigenvalue weighted by Crippen LogP contribution is 1.80. The van der Waals surface area contributed by atoms with Crippen LogP contribution in [0.5, 0.6) is 0 Å². The van der Waals surface area contributed by atoms with Gasteiger partial charge in [-0.2, -0.15) is 0 Å². The number of amides is 1. The van der Waals surface area contributed by atoms with Crippen molar-refractivity contribution in [2.75, 3.05) is 0 Å². The second-order valence-corrected chi connectivity index (χ2v) is 1.30. The van der Waals surface area contributed by atoms with E-state index in [9.17, 15) is 9.59 Å². The minimum Gasteiger partial charge on any atom is -0.326 e. The van der Waals surface area contributed by atoms with Crippen molar-refractivity contribution in [3.63, 3.8) is 0 Å². The van der Waals surface area contributed by atoms with E-state index in [0.29, 0.717) is 6.41 Å². The van der Waals surface area contributed by atoms with Gasteiger partial charge < -0.3 is 5.32 Å². The first-order chi connectivity index (χ1) is 3.68. The van der Waals surface area contributed by atoms with Crippen molar-refractivity contribution < 1.29 is 9.59 Å². The lowest BCUT2D eigenvalue weighted by molar-refractivity contribution is -0.116. The minimum absolute atomic E-state index is 0.125. The molecule has 1 N–H and O–H groups in total. The van der Waals surface area contributed by atoms with Crippen LogP contribution in [0, 0.1) is 0 Å². The van der Waals surface area contributed by atoms with Crippen LogP contribution < -0.4 is 5.32 Å². The molecule has 0 aromatic carbocycles. The third kappa shape index (κ3) is 2.12. The van der Waals surface area contributed by atoms with Gasteiger partial charge >= 0.3 is 0 Å². The quantitative estimate of drug-likeness (QED) is 0.408. The molecule has 0 heterocycles. The summed E-state index contributed by atoms with van der Waals surface area (Å²) in [7, 11) is 0. The molecule has 0 saturated carbocycles. The predicted molar refractivity (Wildman–Crippen MR) is 29.0 cm³/mol. The zero-order chi connectivity index (χ0) is 6.57. The first-order valence-corrected chi connectivity index (χ1v) is 2.08. The van der Waals surface area contributed by atoms with Crippen LogP contribution in [0.15, 0.2) is 12.3 Å². The van der Waals surface area contributed by atoms with Crippen LogP contribution in [-0.2, 0) is 9.59 Å². The van der Waals surface area contributed by atoms with Crippen LogP contribution in [0.3, 0.4) is 0 Å². The zero-order valence-electron chi connectivity index (χ0n) is 4.60. The standard InChI is InChI=1S/C5H7NO2/c1-4(5(2)8)6-3-7/h3H,1H2,2H3,(H,6,7). The topological polar surface area (TPSA) is 46.2 Å². The van der Waals surface area contributed by atoms with Crippen LogP contribution in [0.25, 0.3) is 0 Å². The number of Topliss-reactive ketones (excluding diaryl/α,β-unsaturated/α-hetero) is 1. The van der Waals surface area contributed by atoms with E-state index in [1.807, 2.05) is 0 Å². The SMILES string of the molecule is C=C(NC=O)C(C)=O. The Labute approximate surface area is 47.4 Å². The molecule has 3 nitrogen and oxygen atoms in total. The van der Waals surface area contributed by atoms with Crippen molar-refractivity contribution in [1.82, 2.24) is 5.32 Å². The van der Waals surface area contributed by atoms with Gasteiger partial charge in [0.2, 0.25) is 6.41 Å². The van der Waals surface area contributed by atoms with E-state index in [1.165, 1.54) is 6.92 Å². The van der Waals surface area contributed by atoms with Gasteiger partial charge in [-0.3, -0.25) is 9.59 Å². The van der Waals surface area contributed by atoms with Gasteiger partial charge in [0.15, 0.2) is 5.78 Å². The summed E-state index contributed by atoms with van der Waals surface area (Å²) in [6, 6.07) is 0. The normalized spacial score (nSPS) is 7.62. The van der Waals surface area contributed by atoms with Gasteiger partial charge in [-0.15, -0.1) is 0 Å². The van der Waals surface area contributed by atoms with E-state index in [2.05, 4.69) is 11.9 Å². The fourth-order valence-electron chi connectivity index (χ4n) is 0.173. The number of nitrogens with one attached hydrogen (secondary N) is 1. The summed E-state index contributed by atoms with van der Waals surface area (Å²) in [6.45, 7) is 4.58. The van der Waals surface area contributed by atoms with Gasteiger partial charge in [-0.1, -0.05) is 6.58 Å². The molecule has 0 aliphatic heterocycles. The number of allylic oxidation sites excluding steroid dienone is 1. The second kappa shape index (κ2) is 2.96. The number of carbonyl (C=O) groups is 2. The Morgan fingerprint density at radius 3 is 2.38 bits per heavy atom. The lowest BCUT2D eigenvalue weighted by Gasteiger charge is -1.92. The Bertz CT molecular complexity index is 128. The molecule has 0 aromatic rings. The highest BCUT2D eigenvalue weighted by atomic mass is 16.1. The second-order valence-electron chi connectivity index (χ2n) is 1.30. The molecule has 0 bridgehead atoms. The Hall–Kier alpha value is -1.12. The van der Waals surface area contributed by atoms with Crippen molar-refractivity contribution in [3.8, 4) is 0 Å². The zero-order valence-corrected chi connectivity index (χ0v) is 4.60. The summed E-state index contributed by atoms with van der Waals surface area (Å²) in [5, 5.41) is 2.12. The van der Waals surface area contributed by atoms with Crippen LogP contribution in [-0.4, -0.2) is 12.2 Å². The molecule has 8 heavy (non-hydrogen) atoms. The Balaban J connectivity index is 3.65. The van der Waals surface area contributed by atoms with Gasteiger partial charge in [0, 0.05) is 6.92 Å². The molecule has 0 aliphatic carbocycles. The fraction of sp³-hybridized carbons (Fsp3) is 0.200. The summed E-state index contributed by atoms with van der Waals surface area (Å²) in [6.07, 6.45) is 0.420. The van der Waals surface area contributed by atoms with Crippen molar-refractivity contribution in [3.05, 3.63) is 12.3 Å². The van der Waals surface area contributed by atoms with E-state index in [1.54, 1.807) is 0 Å². The van der Waals surface area contributed by atoms with Crippen LogP contribution in [0.2, 0.25) is 0 Å². The van der Waals surface area contributed by atoms with Gasteiger partial charge in [-0.25, -0.2) is 0 Å². The summed E-state index contributed by atoms with van der Waals surface area (Å²) >= 11 is 0. The van der Waals surface area contributed by atoms with E-state index in [-0.39, 0.29) is 11.5 Å². The average Bonchev–Trinajstić information content (AvgIpc) is 1.67. The largest absolute Gasteiger partial charge is 0.326 e. The van der Waals surface area contributed by atoms with E-state index in [0.717, 1.165) is 0 Å². The molecule has 0 radical (unpaired) electrons. The fourth-order valence-corrected chi connectivity index (χ4v) is 0.173. The van der Waals surface area contributed by atoms with Gasteiger partial charge in [-0.05, 0) is 0 Å². The van der Waals surface area contributed by atoms with Gasteiger partial charge in [0.05, 0.1) is 5.70 Å². The van der Waals surface area contributed by atoms with Crippen LogP contribution in [0.4, 0.5) is 0 Å². The average molecular weight is 113 g/mol. The van der Waals surface area contributed by atoms with Crippen LogP contribution in [0.1, 0.15) is 6.92 Å². The molecule has 44 valence electrons. The molecule has 0 unspecified atom stereocenters. The van der Waals surface area contributed by atoms with Gasteiger partial charge in [0.1, 0.15) is 0 Å². The Kier molecular flexibility index (Phi) is 2.54. The molecule has 0 saturated heterocycles. The summed E-state index contributed by atoms with van der Waals surface area (Å²) in [4.78, 5) is 19.8. The van der Waals surface area contributed by atoms with Crippen molar-refractivity contribution in [2.45, 2.75) is 6.92 Å². The van der Waals surface area contributed by atoms with Gasteiger partial charge in [0.25, 0.3) is 0 Å². The molecule has 3 heteroatoms. The Morgan fingerprint density at radius 2 is 2.25 bits per heavy atom. The molecule has 0 rings (SSSR count). The maximum Gasteiger partial charge on any atom is 0.211 e. The molecule has 0 atom stereocenters. The van der Waals surface area contributed by atoms with E-state index < -0.39 is 0 Å². The van der Waals surface area contributed by atoms with Crippen LogP contribution >= 0.6 is 0 Å². The molecule has 0 aromatic heterocycles. The smallest absolute Gasteiger partial charge is 0.211 e. The number of hydrogen-bond donors (Lipinski definition) is 1. The third-order valence-corrected chi connectivity index (χ3v) is 0.658. The monoisotopic (exact) mass is 113 g/mol. The summed E-state index contributed by atoms with van der Waals surface area (Å²) in [5.74, 6) is -0.225. The lowest BCUT2D eigenvalue weighted by Crippen LogP contribution is -2.14. The minimum atomic E-state index is -0.225. The Morgan fingerprint density at radius 1 is 1.75 bits per heavy atom. The summed E-state index contributed by atoms with van der Waals surface area (Å²) < 4.78 is 0. The predicted octanol–water partition coefficient (Wildman–Crippen LogP) is -0.165. The van der Waals surface area contributed by atoms with E-state index in [4.69, 9.17) is 0 Å². The molecular formula is C5H7NO2. The van der Waals surface area contributed by atoms with Crippen molar-refractivity contribution in [2.24, 2.45) is 0 Å². The third-order valence-electron chi connectivity index (χ3n) is 0.658. The molecule has 0 spiro atoms. The molecule has 0 aliphatic rings. The first-order valence-electron chi connectivity index (χ1n) is 2.08. The number of carbonyl (C=O) groups excluding carboxylic acids is 2. The number of ketones is 1.